The number of rotatable bonds is 4. The minimum atomic E-state index is -0.524. The van der Waals surface area contributed by atoms with Gasteiger partial charge in [-0.15, -0.1) is 0 Å². The molecule has 1 fully saturated rings. The lowest BCUT2D eigenvalue weighted by atomic mass is 10.2. The number of benzene rings is 2. The lowest BCUT2D eigenvalue weighted by Gasteiger charge is -2.28. The zero-order valence-electron chi connectivity index (χ0n) is 12.9. The second-order valence-electron chi connectivity index (χ2n) is 5.57. The summed E-state index contributed by atoms with van der Waals surface area (Å²) in [4.78, 5) is 27.7. The van der Waals surface area contributed by atoms with Gasteiger partial charge in [-0.25, -0.2) is 4.39 Å². The SMILES string of the molecule is O=C1CCCN1CN(C(=O)c1ccccc1Cl)c1ccccc1F. The summed E-state index contributed by atoms with van der Waals surface area (Å²) in [6.07, 6.45) is 1.19. The first-order valence-corrected chi connectivity index (χ1v) is 8.04. The zero-order valence-corrected chi connectivity index (χ0v) is 13.7. The molecule has 4 nitrogen and oxygen atoms in total. The first kappa shape index (κ1) is 16.5. The van der Waals surface area contributed by atoms with Crippen LogP contribution in [0.1, 0.15) is 23.2 Å². The van der Waals surface area contributed by atoms with Crippen LogP contribution in [0.4, 0.5) is 10.1 Å². The van der Waals surface area contributed by atoms with Gasteiger partial charge in [0.15, 0.2) is 0 Å². The smallest absolute Gasteiger partial charge is 0.261 e. The summed E-state index contributed by atoms with van der Waals surface area (Å²) >= 11 is 6.11. The number of hydrogen-bond donors (Lipinski definition) is 0. The van der Waals surface area contributed by atoms with Crippen molar-refractivity contribution in [1.82, 2.24) is 4.90 Å². The quantitative estimate of drug-likeness (QED) is 0.846. The highest BCUT2D eigenvalue weighted by Crippen LogP contribution is 2.25. The predicted molar refractivity (Wildman–Crippen MR) is 90.5 cm³/mol. The predicted octanol–water partition coefficient (Wildman–Crippen LogP) is 3.71. The Kier molecular flexibility index (Phi) is 4.81. The monoisotopic (exact) mass is 346 g/mol. The lowest BCUT2D eigenvalue weighted by Crippen LogP contribution is -2.42. The Bertz CT molecular complexity index is 781. The van der Waals surface area contributed by atoms with E-state index in [9.17, 15) is 14.0 Å². The Hall–Kier alpha value is -2.40. The maximum absolute atomic E-state index is 14.3. The van der Waals surface area contributed by atoms with E-state index < -0.39 is 11.7 Å². The van der Waals surface area contributed by atoms with Gasteiger partial charge in [-0.2, -0.15) is 0 Å². The highest BCUT2D eigenvalue weighted by molar-refractivity contribution is 6.34. The summed E-state index contributed by atoms with van der Waals surface area (Å²) < 4.78 is 14.3. The van der Waals surface area contributed by atoms with Gasteiger partial charge in [0.2, 0.25) is 5.91 Å². The number of para-hydroxylation sites is 1. The molecule has 1 aliphatic rings. The average Bonchev–Trinajstić information content (AvgIpc) is 2.98. The molecule has 0 saturated carbocycles. The molecule has 1 aliphatic heterocycles. The normalized spacial score (nSPS) is 14.1. The van der Waals surface area contributed by atoms with Gasteiger partial charge in [-0.3, -0.25) is 14.5 Å². The van der Waals surface area contributed by atoms with E-state index in [1.807, 2.05) is 0 Å². The molecular weight excluding hydrogens is 331 g/mol. The maximum atomic E-state index is 14.3. The first-order valence-electron chi connectivity index (χ1n) is 7.66. The summed E-state index contributed by atoms with van der Waals surface area (Å²) in [5.41, 5.74) is 0.399. The average molecular weight is 347 g/mol. The second-order valence-corrected chi connectivity index (χ2v) is 5.97. The molecule has 0 atom stereocenters. The molecule has 124 valence electrons. The third-order valence-corrected chi connectivity index (χ3v) is 4.31. The van der Waals surface area contributed by atoms with Crippen LogP contribution < -0.4 is 4.90 Å². The molecule has 1 heterocycles. The van der Waals surface area contributed by atoms with Crippen molar-refractivity contribution in [3.8, 4) is 0 Å². The van der Waals surface area contributed by atoms with E-state index in [2.05, 4.69) is 0 Å². The van der Waals surface area contributed by atoms with Crippen molar-refractivity contribution >= 4 is 29.1 Å². The molecule has 2 aromatic rings. The number of carbonyl (C=O) groups excluding carboxylic acids is 2. The molecule has 0 aromatic heterocycles. The van der Waals surface area contributed by atoms with E-state index in [1.165, 1.54) is 17.0 Å². The van der Waals surface area contributed by atoms with Crippen LogP contribution in [-0.2, 0) is 4.79 Å². The number of hydrogen-bond acceptors (Lipinski definition) is 2. The molecule has 3 rings (SSSR count). The van der Waals surface area contributed by atoms with Gasteiger partial charge in [0.25, 0.3) is 5.91 Å². The van der Waals surface area contributed by atoms with Crippen molar-refractivity contribution in [2.24, 2.45) is 0 Å². The third-order valence-electron chi connectivity index (χ3n) is 3.98. The second kappa shape index (κ2) is 7.01. The standard InChI is InChI=1S/C18H16ClFN2O2/c19-14-7-2-1-6-13(14)18(24)22(12-21-11-5-10-17(21)23)16-9-4-3-8-15(16)20/h1-4,6-9H,5,10-12H2. The van der Waals surface area contributed by atoms with Gasteiger partial charge >= 0.3 is 0 Å². The molecule has 0 N–H and O–H groups in total. The number of halogens is 2. The number of likely N-dealkylation sites (tertiary alicyclic amines) is 1. The van der Waals surface area contributed by atoms with E-state index in [0.717, 1.165) is 6.42 Å². The summed E-state index contributed by atoms with van der Waals surface area (Å²) in [5.74, 6) is -1.00. The minimum absolute atomic E-state index is 0.00379. The van der Waals surface area contributed by atoms with Crippen LogP contribution in [0.2, 0.25) is 5.02 Å². The molecule has 0 unspecified atom stereocenters. The highest BCUT2D eigenvalue weighted by atomic mass is 35.5. The molecule has 6 heteroatoms. The maximum Gasteiger partial charge on any atom is 0.261 e. The molecule has 24 heavy (non-hydrogen) atoms. The van der Waals surface area contributed by atoms with Crippen molar-refractivity contribution in [2.75, 3.05) is 18.1 Å². The number of carbonyl (C=O) groups is 2. The van der Waals surface area contributed by atoms with Crippen LogP contribution in [0.15, 0.2) is 48.5 Å². The number of amides is 2. The van der Waals surface area contributed by atoms with Crippen molar-refractivity contribution < 1.29 is 14.0 Å². The largest absolute Gasteiger partial charge is 0.324 e. The zero-order chi connectivity index (χ0) is 17.1. The Balaban J connectivity index is 1.98. The van der Waals surface area contributed by atoms with E-state index in [0.29, 0.717) is 13.0 Å². The first-order chi connectivity index (χ1) is 11.6. The summed E-state index contributed by atoms with van der Waals surface area (Å²) in [6, 6.07) is 12.6. The van der Waals surface area contributed by atoms with Gasteiger partial charge in [0.1, 0.15) is 12.5 Å². The Morgan fingerprint density at radius 1 is 1.17 bits per heavy atom. The van der Waals surface area contributed by atoms with Crippen LogP contribution in [-0.4, -0.2) is 29.9 Å². The van der Waals surface area contributed by atoms with Crippen LogP contribution in [0, 0.1) is 5.82 Å². The van der Waals surface area contributed by atoms with Crippen LogP contribution in [0.5, 0.6) is 0 Å². The van der Waals surface area contributed by atoms with Gasteiger partial charge in [-0.05, 0) is 30.7 Å². The molecule has 1 saturated heterocycles. The highest BCUT2D eigenvalue weighted by Gasteiger charge is 2.28. The van der Waals surface area contributed by atoms with Gasteiger partial charge < -0.3 is 4.90 Å². The number of anilines is 1. The summed E-state index contributed by atoms with van der Waals surface area (Å²) in [7, 11) is 0. The molecule has 0 spiro atoms. The summed E-state index contributed by atoms with van der Waals surface area (Å²) in [5, 5.41) is 0.289. The van der Waals surface area contributed by atoms with Crippen molar-refractivity contribution in [1.29, 1.82) is 0 Å². The van der Waals surface area contributed by atoms with Gasteiger partial charge in [0, 0.05) is 13.0 Å². The summed E-state index contributed by atoms with van der Waals surface area (Å²) in [6.45, 7) is 0.559. The fraction of sp³-hybridized carbons (Fsp3) is 0.222. The third kappa shape index (κ3) is 3.26. The fourth-order valence-electron chi connectivity index (χ4n) is 2.72. The molecule has 0 radical (unpaired) electrons. The van der Waals surface area contributed by atoms with Crippen molar-refractivity contribution in [3.05, 3.63) is 64.9 Å². The Labute approximate surface area is 144 Å². The molecule has 2 amide bonds. The van der Waals surface area contributed by atoms with E-state index in [1.54, 1.807) is 41.3 Å². The molecule has 0 bridgehead atoms. The fourth-order valence-corrected chi connectivity index (χ4v) is 2.94. The van der Waals surface area contributed by atoms with Crippen LogP contribution in [0.25, 0.3) is 0 Å². The van der Waals surface area contributed by atoms with E-state index in [-0.39, 0.29) is 28.8 Å². The van der Waals surface area contributed by atoms with Crippen molar-refractivity contribution in [3.63, 3.8) is 0 Å². The van der Waals surface area contributed by atoms with Gasteiger partial charge in [0.05, 0.1) is 16.3 Å². The van der Waals surface area contributed by atoms with Gasteiger partial charge in [-0.1, -0.05) is 35.9 Å². The Morgan fingerprint density at radius 2 is 1.88 bits per heavy atom. The van der Waals surface area contributed by atoms with E-state index in [4.69, 9.17) is 11.6 Å². The van der Waals surface area contributed by atoms with Crippen LogP contribution in [0.3, 0.4) is 0 Å². The van der Waals surface area contributed by atoms with Crippen molar-refractivity contribution in [2.45, 2.75) is 12.8 Å². The topological polar surface area (TPSA) is 40.6 Å². The molecule has 2 aromatic carbocycles. The minimum Gasteiger partial charge on any atom is -0.324 e. The molecule has 0 aliphatic carbocycles. The van der Waals surface area contributed by atoms with Crippen LogP contribution >= 0.6 is 11.6 Å². The lowest BCUT2D eigenvalue weighted by molar-refractivity contribution is -0.127. The number of nitrogens with zero attached hydrogens (tertiary/aromatic N) is 2. The molecular formula is C18H16ClFN2O2. The Morgan fingerprint density at radius 3 is 2.54 bits per heavy atom. The van der Waals surface area contributed by atoms with E-state index >= 15 is 0 Å².